The Morgan fingerprint density at radius 3 is 1.00 bits per heavy atom. The van der Waals surface area contributed by atoms with E-state index >= 15 is 0 Å². The van der Waals surface area contributed by atoms with Gasteiger partial charge in [0.15, 0.2) is 12.4 Å². The van der Waals surface area contributed by atoms with Crippen LogP contribution in [-0.2, 0) is 19.4 Å². The number of rotatable bonds is 25. The van der Waals surface area contributed by atoms with Gasteiger partial charge in [0.2, 0.25) is 0 Å². The van der Waals surface area contributed by atoms with Crippen molar-refractivity contribution >= 4 is 0 Å². The van der Waals surface area contributed by atoms with Gasteiger partial charge in [0, 0.05) is 11.1 Å². The fourth-order valence-corrected chi connectivity index (χ4v) is 5.22. The van der Waals surface area contributed by atoms with Crippen LogP contribution in [0.3, 0.4) is 0 Å². The van der Waals surface area contributed by atoms with Gasteiger partial charge in [0.25, 0.3) is 0 Å². The maximum atomic E-state index is 2.51. The van der Waals surface area contributed by atoms with Crippen LogP contribution in [0.1, 0.15) is 173 Å². The zero-order valence-electron chi connectivity index (χ0n) is 23.9. The molecule has 0 N–H and O–H groups in total. The molecule has 0 saturated heterocycles. The van der Waals surface area contributed by atoms with Crippen molar-refractivity contribution in [3.05, 3.63) is 29.6 Å². The summed E-state index contributed by atoms with van der Waals surface area (Å²) in [5, 5.41) is 0. The lowest BCUT2D eigenvalue weighted by atomic mass is 10.0. The van der Waals surface area contributed by atoms with E-state index in [4.69, 9.17) is 0 Å². The lowest BCUT2D eigenvalue weighted by Crippen LogP contribution is -2.32. The maximum absolute atomic E-state index is 2.51. The molecule has 0 saturated carbocycles. The Bertz CT molecular complexity index is 505. The number of hydrogen-bond acceptors (Lipinski definition) is 0. The van der Waals surface area contributed by atoms with Gasteiger partial charge >= 0.3 is 0 Å². The van der Waals surface area contributed by atoms with Gasteiger partial charge in [-0.1, -0.05) is 142 Å². The van der Waals surface area contributed by atoms with Crippen LogP contribution in [0.15, 0.2) is 18.5 Å². The Balaban J connectivity index is 2.10. The van der Waals surface area contributed by atoms with Gasteiger partial charge in [-0.05, 0) is 38.7 Å². The molecule has 1 nitrogen and oxygen atoms in total. The first-order valence-electron chi connectivity index (χ1n) is 15.8. The summed E-state index contributed by atoms with van der Waals surface area (Å²) in [4.78, 5) is 0. The predicted octanol–water partition coefficient (Wildman–Crippen LogP) is 10.7. The molecule has 1 rings (SSSR count). The first-order chi connectivity index (χ1) is 16.8. The smallest absolute Gasteiger partial charge is 0.171 e. The van der Waals surface area contributed by atoms with Crippen LogP contribution in [0.4, 0.5) is 0 Å². The molecule has 0 amide bonds. The van der Waals surface area contributed by atoms with Crippen molar-refractivity contribution in [2.45, 2.75) is 181 Å². The molecule has 0 aromatic carbocycles. The molecule has 0 aliphatic carbocycles. The highest BCUT2D eigenvalue weighted by Gasteiger charge is 2.07. The Hall–Kier alpha value is -0.850. The minimum absolute atomic E-state index is 1.09. The van der Waals surface area contributed by atoms with E-state index in [9.17, 15) is 0 Å². The van der Waals surface area contributed by atoms with Crippen molar-refractivity contribution in [1.29, 1.82) is 0 Å². The summed E-state index contributed by atoms with van der Waals surface area (Å²) in [6, 6.07) is 2.51. The van der Waals surface area contributed by atoms with E-state index in [1.54, 1.807) is 11.1 Å². The number of unbranched alkanes of at least 4 members (excludes halogenated alkanes) is 20. The highest BCUT2D eigenvalue weighted by atomic mass is 14.9. The van der Waals surface area contributed by atoms with Crippen molar-refractivity contribution in [2.75, 3.05) is 0 Å². The zero-order chi connectivity index (χ0) is 24.5. The molecule has 1 aromatic heterocycles. The van der Waals surface area contributed by atoms with E-state index < -0.39 is 0 Å². The number of hydrogen-bond donors (Lipinski definition) is 0. The van der Waals surface area contributed by atoms with E-state index in [-0.39, 0.29) is 0 Å². The molecule has 0 spiro atoms. The highest BCUT2D eigenvalue weighted by molar-refractivity contribution is 5.15. The van der Waals surface area contributed by atoms with Gasteiger partial charge < -0.3 is 0 Å². The van der Waals surface area contributed by atoms with Gasteiger partial charge in [-0.15, -0.1) is 0 Å². The third-order valence-electron chi connectivity index (χ3n) is 7.54. The fourth-order valence-electron chi connectivity index (χ4n) is 5.22. The van der Waals surface area contributed by atoms with Crippen LogP contribution in [0.5, 0.6) is 0 Å². The lowest BCUT2D eigenvalue weighted by Gasteiger charge is -2.06. The summed E-state index contributed by atoms with van der Waals surface area (Å²) < 4.78 is 2.42. The molecule has 0 atom stereocenters. The van der Waals surface area contributed by atoms with Gasteiger partial charge in [0.1, 0.15) is 6.54 Å². The SMILES string of the molecule is CCCCCCCCCCCCCc1cc(CCCCCCCCCCCCC)c[n+](CC)c1. The predicted molar refractivity (Wildman–Crippen MR) is 153 cm³/mol. The molecule has 0 radical (unpaired) electrons. The molecule has 1 heteroatoms. The maximum Gasteiger partial charge on any atom is 0.171 e. The van der Waals surface area contributed by atoms with Crippen LogP contribution in [-0.4, -0.2) is 0 Å². The van der Waals surface area contributed by atoms with E-state index in [0.29, 0.717) is 0 Å². The number of aryl methyl sites for hydroxylation is 3. The zero-order valence-corrected chi connectivity index (χ0v) is 23.9. The van der Waals surface area contributed by atoms with Crippen LogP contribution in [0, 0.1) is 0 Å². The quantitative estimate of drug-likeness (QED) is 0.0983. The molecule has 0 fully saturated rings. The minimum atomic E-state index is 1.09. The molecule has 0 bridgehead atoms. The van der Waals surface area contributed by atoms with E-state index in [1.165, 1.54) is 154 Å². The number of pyridine rings is 1. The van der Waals surface area contributed by atoms with E-state index in [2.05, 4.69) is 43.8 Å². The molecule has 1 heterocycles. The van der Waals surface area contributed by atoms with Crippen molar-refractivity contribution in [2.24, 2.45) is 0 Å². The second kappa shape index (κ2) is 23.9. The topological polar surface area (TPSA) is 3.88 Å². The van der Waals surface area contributed by atoms with Gasteiger partial charge in [-0.3, -0.25) is 0 Å². The molecule has 0 aliphatic heterocycles. The average Bonchev–Trinajstić information content (AvgIpc) is 2.85. The van der Waals surface area contributed by atoms with Gasteiger partial charge in [-0.2, -0.15) is 0 Å². The normalized spacial score (nSPS) is 11.4. The largest absolute Gasteiger partial charge is 0.205 e. The molecule has 0 unspecified atom stereocenters. The summed E-state index contributed by atoms with van der Waals surface area (Å²) in [5.74, 6) is 0. The van der Waals surface area contributed by atoms with Crippen LogP contribution in [0.25, 0.3) is 0 Å². The van der Waals surface area contributed by atoms with E-state index in [1.807, 2.05) is 0 Å². The molecule has 1 aromatic rings. The summed E-state index contributed by atoms with van der Waals surface area (Å²) in [7, 11) is 0. The summed E-state index contributed by atoms with van der Waals surface area (Å²) in [6.07, 6.45) is 38.8. The molecule has 198 valence electrons. The minimum Gasteiger partial charge on any atom is -0.205 e. The monoisotopic (exact) mass is 472 g/mol. The Morgan fingerprint density at radius 2 is 0.706 bits per heavy atom. The first kappa shape index (κ1) is 31.2. The third-order valence-corrected chi connectivity index (χ3v) is 7.54. The number of nitrogens with zero attached hydrogens (tertiary/aromatic N) is 1. The average molecular weight is 473 g/mol. The molecular formula is C33H62N+. The molecule has 0 aliphatic rings. The van der Waals surface area contributed by atoms with Crippen molar-refractivity contribution in [3.8, 4) is 0 Å². The Morgan fingerprint density at radius 1 is 0.412 bits per heavy atom. The number of aromatic nitrogens is 1. The second-order valence-corrected chi connectivity index (χ2v) is 11.0. The van der Waals surface area contributed by atoms with E-state index in [0.717, 1.165) is 6.54 Å². The Labute approximate surface area is 215 Å². The summed E-state index contributed by atoms with van der Waals surface area (Å²) in [6.45, 7) is 7.98. The van der Waals surface area contributed by atoms with Crippen molar-refractivity contribution in [1.82, 2.24) is 0 Å². The highest BCUT2D eigenvalue weighted by Crippen LogP contribution is 2.15. The summed E-state index contributed by atoms with van der Waals surface area (Å²) >= 11 is 0. The molecule has 34 heavy (non-hydrogen) atoms. The van der Waals surface area contributed by atoms with Crippen LogP contribution >= 0.6 is 0 Å². The summed E-state index contributed by atoms with van der Waals surface area (Å²) in [5.41, 5.74) is 3.14. The third kappa shape index (κ3) is 18.5. The standard InChI is InChI=1S/C33H62N/c1-4-7-9-11-13-15-17-19-21-23-25-27-32-29-33(31-34(6-3)30-32)28-26-24-22-20-18-16-14-12-10-8-5-2/h29-31H,4-28H2,1-3H3/q+1. The fraction of sp³-hybridized carbons (Fsp3) is 0.848. The Kier molecular flexibility index (Phi) is 21.9. The van der Waals surface area contributed by atoms with Crippen LogP contribution < -0.4 is 4.57 Å². The lowest BCUT2D eigenvalue weighted by molar-refractivity contribution is -0.694. The second-order valence-electron chi connectivity index (χ2n) is 11.0. The van der Waals surface area contributed by atoms with Gasteiger partial charge in [0.05, 0.1) is 0 Å². The first-order valence-corrected chi connectivity index (χ1v) is 15.8. The molecular weight excluding hydrogens is 410 g/mol. The van der Waals surface area contributed by atoms with Crippen LogP contribution in [0.2, 0.25) is 0 Å². The van der Waals surface area contributed by atoms with Crippen molar-refractivity contribution < 1.29 is 4.57 Å². The van der Waals surface area contributed by atoms with Gasteiger partial charge in [-0.25, -0.2) is 4.57 Å². The van der Waals surface area contributed by atoms with Crippen molar-refractivity contribution in [3.63, 3.8) is 0 Å².